The Morgan fingerprint density at radius 3 is 1.97 bits per heavy atom. The van der Waals surface area contributed by atoms with Crippen molar-refractivity contribution in [1.29, 1.82) is 0 Å². The molecular formula is C27H31NO8. The number of hydrogen-bond acceptors (Lipinski definition) is 8. The quantitative estimate of drug-likeness (QED) is 0.405. The number of amides is 2. The van der Waals surface area contributed by atoms with Crippen LogP contribution in [0.5, 0.6) is 11.5 Å². The number of benzene rings is 2. The zero-order valence-electron chi connectivity index (χ0n) is 20.8. The maximum Gasteiger partial charge on any atom is 0.344 e. The normalized spacial score (nSPS) is 27.8. The Labute approximate surface area is 210 Å². The van der Waals surface area contributed by atoms with Crippen molar-refractivity contribution >= 4 is 23.5 Å². The van der Waals surface area contributed by atoms with Crippen molar-refractivity contribution in [3.05, 3.63) is 54.6 Å². The van der Waals surface area contributed by atoms with Gasteiger partial charge in [0.15, 0.2) is 12.7 Å². The number of rotatable bonds is 8. The van der Waals surface area contributed by atoms with Gasteiger partial charge in [0.2, 0.25) is 11.8 Å². The predicted octanol–water partition coefficient (Wildman–Crippen LogP) is 3.00. The lowest BCUT2D eigenvalue weighted by molar-refractivity contribution is -0.163. The minimum absolute atomic E-state index is 0.320. The van der Waals surface area contributed by atoms with Gasteiger partial charge in [0.1, 0.15) is 29.8 Å². The molecule has 5 rings (SSSR count). The van der Waals surface area contributed by atoms with E-state index in [0.29, 0.717) is 23.8 Å². The molecule has 2 aromatic rings. The molecule has 3 heterocycles. The van der Waals surface area contributed by atoms with Gasteiger partial charge in [-0.1, -0.05) is 32.0 Å². The van der Waals surface area contributed by atoms with E-state index in [9.17, 15) is 14.4 Å². The van der Waals surface area contributed by atoms with Crippen LogP contribution in [-0.2, 0) is 28.6 Å². The number of nitrogens with zero attached hydrogens (tertiary/aromatic N) is 1. The lowest BCUT2D eigenvalue weighted by Crippen LogP contribution is -2.50. The summed E-state index contributed by atoms with van der Waals surface area (Å²) in [6.07, 6.45) is -2.91. The summed E-state index contributed by atoms with van der Waals surface area (Å²) in [6, 6.07) is 15.7. The van der Waals surface area contributed by atoms with Gasteiger partial charge in [-0.2, -0.15) is 0 Å². The first-order valence-electron chi connectivity index (χ1n) is 12.2. The van der Waals surface area contributed by atoms with Crippen LogP contribution in [-0.4, -0.2) is 62.5 Å². The van der Waals surface area contributed by atoms with Crippen LogP contribution >= 0.6 is 0 Å². The molecule has 3 aliphatic rings. The van der Waals surface area contributed by atoms with Crippen molar-refractivity contribution in [2.24, 2.45) is 11.8 Å². The Morgan fingerprint density at radius 2 is 1.42 bits per heavy atom. The van der Waals surface area contributed by atoms with Gasteiger partial charge in [-0.3, -0.25) is 9.59 Å². The summed E-state index contributed by atoms with van der Waals surface area (Å²) in [4.78, 5) is 40.1. The van der Waals surface area contributed by atoms with Gasteiger partial charge >= 0.3 is 5.97 Å². The predicted molar refractivity (Wildman–Crippen MR) is 130 cm³/mol. The molecule has 9 heteroatoms. The molecule has 0 aliphatic carbocycles. The fourth-order valence-corrected chi connectivity index (χ4v) is 5.05. The van der Waals surface area contributed by atoms with Crippen molar-refractivity contribution in [2.75, 3.05) is 25.2 Å². The summed E-state index contributed by atoms with van der Waals surface area (Å²) in [6.45, 7) is 6.12. The maximum atomic E-state index is 13.2. The Hall–Kier alpha value is -3.43. The van der Waals surface area contributed by atoms with Crippen molar-refractivity contribution < 1.29 is 38.1 Å². The van der Waals surface area contributed by atoms with Gasteiger partial charge in [0, 0.05) is 7.11 Å². The molecule has 2 amide bonds. The molecule has 3 fully saturated rings. The van der Waals surface area contributed by atoms with Gasteiger partial charge in [0.05, 0.1) is 24.1 Å². The molecule has 2 aromatic carbocycles. The average molecular weight is 498 g/mol. The van der Waals surface area contributed by atoms with Crippen LogP contribution in [0.15, 0.2) is 54.6 Å². The Balaban J connectivity index is 0.00000148. The second-order valence-electron chi connectivity index (χ2n) is 8.31. The smallest absolute Gasteiger partial charge is 0.344 e. The van der Waals surface area contributed by atoms with E-state index in [1.54, 1.807) is 48.5 Å². The van der Waals surface area contributed by atoms with Gasteiger partial charge in [0.25, 0.3) is 0 Å². The number of hydrogen-bond donors (Lipinski definition) is 0. The summed E-state index contributed by atoms with van der Waals surface area (Å²) in [5.41, 5.74) is 0.512. The van der Waals surface area contributed by atoms with Crippen molar-refractivity contribution in [3.63, 3.8) is 0 Å². The fraction of sp³-hybridized carbons (Fsp3) is 0.444. The first-order valence-corrected chi connectivity index (χ1v) is 12.2. The number of fused-ring (bicyclic) bond motifs is 5. The van der Waals surface area contributed by atoms with E-state index in [0.717, 1.165) is 0 Å². The molecule has 2 bridgehead atoms. The van der Waals surface area contributed by atoms with Crippen LogP contribution in [0.2, 0.25) is 0 Å². The summed E-state index contributed by atoms with van der Waals surface area (Å²) in [5.74, 6) is -1.50. The standard InChI is InChI=1S/C25H25NO8.C2H6/c1-3-31-15-9-11-16(12-10-15)32-13-17(27)33-23-21-19-18(20(34-21)22(23)30-2)24(28)26(25(19)29)14-7-5-4-6-8-14;1-2/h4-12,18-23H,3,13H2,1-2H3;1-2H3. The van der Waals surface area contributed by atoms with Crippen LogP contribution in [0.1, 0.15) is 20.8 Å². The van der Waals surface area contributed by atoms with E-state index in [-0.39, 0.29) is 18.4 Å². The molecule has 0 N–H and O–H groups in total. The number of carbonyl (C=O) groups excluding carboxylic acids is 3. The molecule has 0 spiro atoms. The van der Waals surface area contributed by atoms with Gasteiger partial charge in [-0.15, -0.1) is 0 Å². The number of anilines is 1. The highest BCUT2D eigenvalue weighted by atomic mass is 16.6. The van der Waals surface area contributed by atoms with Gasteiger partial charge in [-0.25, -0.2) is 9.69 Å². The number of esters is 1. The molecule has 0 radical (unpaired) electrons. The van der Waals surface area contributed by atoms with E-state index in [1.807, 2.05) is 26.8 Å². The number of para-hydroxylation sites is 1. The fourth-order valence-electron chi connectivity index (χ4n) is 5.05. The SMILES string of the molecule is CC.CCOc1ccc(OCC(=O)OC2C(OC)C3OC2C2C(=O)N(c4ccccc4)C(=O)C32)cc1. The molecule has 3 aliphatic heterocycles. The summed E-state index contributed by atoms with van der Waals surface area (Å²) in [7, 11) is 1.47. The Bertz CT molecular complexity index is 1070. The lowest BCUT2D eigenvalue weighted by atomic mass is 9.78. The average Bonchev–Trinajstić information content (AvgIpc) is 3.54. The largest absolute Gasteiger partial charge is 0.494 e. The molecule has 6 unspecified atom stereocenters. The first-order chi connectivity index (χ1) is 17.5. The molecule has 6 atom stereocenters. The second-order valence-corrected chi connectivity index (χ2v) is 8.31. The van der Waals surface area contributed by atoms with E-state index in [4.69, 9.17) is 23.7 Å². The van der Waals surface area contributed by atoms with Crippen LogP contribution in [0, 0.1) is 11.8 Å². The highest BCUT2D eigenvalue weighted by Gasteiger charge is 2.70. The van der Waals surface area contributed by atoms with Gasteiger partial charge in [-0.05, 0) is 43.3 Å². The van der Waals surface area contributed by atoms with E-state index < -0.39 is 42.2 Å². The van der Waals surface area contributed by atoms with Crippen LogP contribution in [0.3, 0.4) is 0 Å². The van der Waals surface area contributed by atoms with Crippen LogP contribution < -0.4 is 14.4 Å². The zero-order valence-corrected chi connectivity index (χ0v) is 20.8. The molecule has 3 saturated heterocycles. The van der Waals surface area contributed by atoms with E-state index >= 15 is 0 Å². The molecule has 0 saturated carbocycles. The summed E-state index contributed by atoms with van der Waals surface area (Å²) >= 11 is 0. The lowest BCUT2D eigenvalue weighted by Gasteiger charge is -2.31. The minimum Gasteiger partial charge on any atom is -0.494 e. The third-order valence-corrected chi connectivity index (χ3v) is 6.44. The minimum atomic E-state index is -0.819. The number of imide groups is 1. The van der Waals surface area contributed by atoms with Crippen molar-refractivity contribution in [2.45, 2.75) is 45.2 Å². The van der Waals surface area contributed by atoms with Crippen molar-refractivity contribution in [1.82, 2.24) is 0 Å². The molecular weight excluding hydrogens is 466 g/mol. The van der Waals surface area contributed by atoms with Crippen LogP contribution in [0.25, 0.3) is 0 Å². The highest BCUT2D eigenvalue weighted by Crippen LogP contribution is 2.51. The number of methoxy groups -OCH3 is 1. The third kappa shape index (κ3) is 4.56. The van der Waals surface area contributed by atoms with Crippen LogP contribution in [0.4, 0.5) is 5.69 Å². The second kappa shape index (κ2) is 11.1. The summed E-state index contributed by atoms with van der Waals surface area (Å²) < 4.78 is 28.1. The first kappa shape index (κ1) is 25.7. The number of carbonyl (C=O) groups is 3. The maximum absolute atomic E-state index is 13.2. The van der Waals surface area contributed by atoms with E-state index in [1.165, 1.54) is 12.0 Å². The molecule has 0 aromatic heterocycles. The highest BCUT2D eigenvalue weighted by molar-refractivity contribution is 6.22. The topological polar surface area (TPSA) is 101 Å². The van der Waals surface area contributed by atoms with Crippen molar-refractivity contribution in [3.8, 4) is 11.5 Å². The monoisotopic (exact) mass is 497 g/mol. The Morgan fingerprint density at radius 1 is 0.861 bits per heavy atom. The zero-order chi connectivity index (χ0) is 25.8. The Kier molecular flexibility index (Phi) is 7.91. The molecule has 36 heavy (non-hydrogen) atoms. The summed E-state index contributed by atoms with van der Waals surface area (Å²) in [5, 5.41) is 0. The van der Waals surface area contributed by atoms with E-state index in [2.05, 4.69) is 0 Å². The van der Waals surface area contributed by atoms with Gasteiger partial charge < -0.3 is 23.7 Å². The molecule has 192 valence electrons. The number of ether oxygens (including phenoxy) is 5. The third-order valence-electron chi connectivity index (χ3n) is 6.44. The molecule has 9 nitrogen and oxygen atoms in total.